The average Bonchev–Trinajstić information content (AvgIpc) is 3.14. The fourth-order valence-electron chi connectivity index (χ4n) is 6.58. The number of rotatable bonds is 5. The zero-order chi connectivity index (χ0) is 23.9. The van der Waals surface area contributed by atoms with Gasteiger partial charge in [0, 0.05) is 29.4 Å². The molecule has 5 heteroatoms. The Morgan fingerprint density at radius 3 is 2.59 bits per heavy atom. The molecule has 176 valence electrons. The third kappa shape index (κ3) is 3.69. The van der Waals surface area contributed by atoms with Crippen LogP contribution in [0.25, 0.3) is 11.1 Å². The minimum absolute atomic E-state index is 0.107. The van der Waals surface area contributed by atoms with Gasteiger partial charge >= 0.3 is 0 Å². The summed E-state index contributed by atoms with van der Waals surface area (Å²) in [6, 6.07) is 19.0. The van der Waals surface area contributed by atoms with Gasteiger partial charge < -0.3 is 10.1 Å². The molecule has 5 atom stereocenters. The summed E-state index contributed by atoms with van der Waals surface area (Å²) in [6.45, 7) is 4.32. The molecule has 1 aromatic heterocycles. The number of halogens is 1. The van der Waals surface area contributed by atoms with Crippen molar-refractivity contribution < 1.29 is 9.53 Å². The van der Waals surface area contributed by atoms with Gasteiger partial charge in [-0.15, -0.1) is 0 Å². The van der Waals surface area contributed by atoms with Crippen molar-refractivity contribution in [1.29, 1.82) is 0 Å². The van der Waals surface area contributed by atoms with Crippen molar-refractivity contribution in [3.8, 4) is 16.9 Å². The number of aromatic nitrogens is 1. The quantitative estimate of drug-likeness (QED) is 0.453. The third-order valence-corrected chi connectivity index (χ3v) is 8.57. The van der Waals surface area contributed by atoms with Gasteiger partial charge in [0.05, 0.1) is 12.5 Å². The molecule has 1 N–H and O–H groups in total. The fraction of sp³-hybridized carbons (Fsp3) is 0.379. The molecule has 1 saturated heterocycles. The Morgan fingerprint density at radius 2 is 1.94 bits per heavy atom. The molecule has 2 aromatic carbocycles. The molecule has 34 heavy (non-hydrogen) atoms. The number of hydrogen-bond donors (Lipinski definition) is 1. The normalized spacial score (nSPS) is 28.3. The van der Waals surface area contributed by atoms with Crippen LogP contribution >= 0.6 is 11.6 Å². The molecular formula is C29H31ClN2O2. The SMILES string of the molecule is CC[C@@]12CC[C@@H](c3ccc(OC)cc3Cl)C(c3ccc(-c4cccnc4)cc3)[C@@H]1[C@@H](C)NC2=O. The molecule has 1 saturated carbocycles. The minimum Gasteiger partial charge on any atom is -0.497 e. The predicted octanol–water partition coefficient (Wildman–Crippen LogP) is 6.60. The highest BCUT2D eigenvalue weighted by atomic mass is 35.5. The van der Waals surface area contributed by atoms with E-state index in [4.69, 9.17) is 16.3 Å². The van der Waals surface area contributed by atoms with Crippen molar-refractivity contribution in [2.75, 3.05) is 7.11 Å². The number of benzene rings is 2. The van der Waals surface area contributed by atoms with Gasteiger partial charge in [-0.05, 0) is 78.5 Å². The summed E-state index contributed by atoms with van der Waals surface area (Å²) < 4.78 is 5.39. The molecule has 1 unspecified atom stereocenters. The molecule has 1 aliphatic heterocycles. The van der Waals surface area contributed by atoms with E-state index < -0.39 is 0 Å². The molecule has 1 aliphatic carbocycles. The lowest BCUT2D eigenvalue weighted by Gasteiger charge is -2.47. The Bertz CT molecular complexity index is 1180. The number of carbonyl (C=O) groups is 1. The van der Waals surface area contributed by atoms with Crippen molar-refractivity contribution in [3.63, 3.8) is 0 Å². The number of methoxy groups -OCH3 is 1. The Balaban J connectivity index is 1.61. The van der Waals surface area contributed by atoms with E-state index in [1.165, 1.54) is 5.56 Å². The lowest BCUT2D eigenvalue weighted by atomic mass is 9.54. The molecule has 2 heterocycles. The van der Waals surface area contributed by atoms with Crippen LogP contribution in [-0.2, 0) is 4.79 Å². The molecule has 2 fully saturated rings. The largest absolute Gasteiger partial charge is 0.497 e. The second kappa shape index (κ2) is 9.07. The van der Waals surface area contributed by atoms with Crippen molar-refractivity contribution in [3.05, 3.63) is 83.1 Å². The van der Waals surface area contributed by atoms with Gasteiger partial charge in [-0.1, -0.05) is 54.9 Å². The fourth-order valence-corrected chi connectivity index (χ4v) is 6.89. The standard InChI is InChI=1S/C29H31ClN2O2/c1-4-29-14-13-24(23-12-11-22(34-3)16-25(23)30)26(27(29)18(2)32-28(29)33)20-9-7-19(8-10-20)21-6-5-15-31-17-21/h5-12,15-18,24,26-27H,4,13-14H2,1-3H3,(H,32,33)/t18-,24+,26?,27+,29-/m1/s1. The van der Waals surface area contributed by atoms with Crippen LogP contribution in [0, 0.1) is 11.3 Å². The number of amides is 1. The molecule has 2 aliphatic rings. The highest BCUT2D eigenvalue weighted by Crippen LogP contribution is 2.60. The van der Waals surface area contributed by atoms with Crippen molar-refractivity contribution in [2.24, 2.45) is 11.3 Å². The first-order valence-electron chi connectivity index (χ1n) is 12.1. The van der Waals surface area contributed by atoms with Gasteiger partial charge in [0.15, 0.2) is 0 Å². The van der Waals surface area contributed by atoms with Gasteiger partial charge in [-0.3, -0.25) is 9.78 Å². The van der Waals surface area contributed by atoms with Crippen molar-refractivity contribution in [1.82, 2.24) is 10.3 Å². The average molecular weight is 475 g/mol. The maximum Gasteiger partial charge on any atom is 0.226 e. The number of pyridine rings is 1. The summed E-state index contributed by atoms with van der Waals surface area (Å²) in [5.41, 5.74) is 4.31. The molecule has 4 nitrogen and oxygen atoms in total. The highest BCUT2D eigenvalue weighted by Gasteiger charge is 2.59. The Morgan fingerprint density at radius 1 is 1.15 bits per heavy atom. The lowest BCUT2D eigenvalue weighted by Crippen LogP contribution is -2.43. The number of ether oxygens (including phenoxy) is 1. The van der Waals surface area contributed by atoms with Crippen LogP contribution in [0.3, 0.4) is 0 Å². The molecule has 0 spiro atoms. The topological polar surface area (TPSA) is 51.2 Å². The van der Waals surface area contributed by atoms with Crippen LogP contribution in [0.15, 0.2) is 67.0 Å². The molecule has 0 bridgehead atoms. The third-order valence-electron chi connectivity index (χ3n) is 8.24. The van der Waals surface area contributed by atoms with Gasteiger partial charge in [0.1, 0.15) is 5.75 Å². The van der Waals surface area contributed by atoms with Crippen molar-refractivity contribution >= 4 is 17.5 Å². The van der Waals surface area contributed by atoms with Crippen LogP contribution in [0.2, 0.25) is 5.02 Å². The summed E-state index contributed by atoms with van der Waals surface area (Å²) in [7, 11) is 1.66. The summed E-state index contributed by atoms with van der Waals surface area (Å²) in [5.74, 6) is 1.57. The zero-order valence-electron chi connectivity index (χ0n) is 19.9. The monoisotopic (exact) mass is 474 g/mol. The second-order valence-corrected chi connectivity index (χ2v) is 10.1. The van der Waals surface area contributed by atoms with Gasteiger partial charge in [0.25, 0.3) is 0 Å². The van der Waals surface area contributed by atoms with Crippen LogP contribution in [-0.4, -0.2) is 24.0 Å². The summed E-state index contributed by atoms with van der Waals surface area (Å²) >= 11 is 6.81. The van der Waals surface area contributed by atoms with Crippen LogP contribution < -0.4 is 10.1 Å². The first-order chi connectivity index (χ1) is 16.5. The van der Waals surface area contributed by atoms with Gasteiger partial charge in [-0.25, -0.2) is 0 Å². The molecular weight excluding hydrogens is 444 g/mol. The van der Waals surface area contributed by atoms with Crippen LogP contribution in [0.4, 0.5) is 0 Å². The lowest BCUT2D eigenvalue weighted by molar-refractivity contribution is -0.131. The van der Waals surface area contributed by atoms with E-state index in [1.807, 2.05) is 24.4 Å². The van der Waals surface area contributed by atoms with E-state index in [1.54, 1.807) is 13.3 Å². The number of nitrogens with one attached hydrogen (secondary N) is 1. The van der Waals surface area contributed by atoms with Crippen molar-refractivity contribution in [2.45, 2.75) is 51.0 Å². The molecule has 0 radical (unpaired) electrons. The van der Waals surface area contributed by atoms with Gasteiger partial charge in [0.2, 0.25) is 5.91 Å². The number of nitrogens with zero attached hydrogens (tertiary/aromatic N) is 1. The summed E-state index contributed by atoms with van der Waals surface area (Å²) in [5, 5.41) is 4.02. The Labute approximate surface area is 206 Å². The van der Waals surface area contributed by atoms with E-state index >= 15 is 0 Å². The number of fused-ring (bicyclic) bond motifs is 1. The highest BCUT2D eigenvalue weighted by molar-refractivity contribution is 6.31. The van der Waals surface area contributed by atoms with Gasteiger partial charge in [-0.2, -0.15) is 0 Å². The minimum atomic E-state index is -0.332. The number of hydrogen-bond acceptors (Lipinski definition) is 3. The summed E-state index contributed by atoms with van der Waals surface area (Å²) in [6.07, 6.45) is 6.33. The van der Waals surface area contributed by atoms with E-state index in [2.05, 4.69) is 60.5 Å². The Hall–Kier alpha value is -2.85. The first-order valence-corrected chi connectivity index (χ1v) is 12.5. The maximum atomic E-state index is 13.2. The van der Waals surface area contributed by atoms with Crippen LogP contribution in [0.1, 0.15) is 56.1 Å². The Kier molecular flexibility index (Phi) is 6.11. The first kappa shape index (κ1) is 22.9. The van der Waals surface area contributed by atoms with E-state index in [0.717, 1.165) is 46.7 Å². The molecule has 1 amide bonds. The second-order valence-electron chi connectivity index (χ2n) is 9.72. The van der Waals surface area contributed by atoms with E-state index in [-0.39, 0.29) is 35.1 Å². The zero-order valence-corrected chi connectivity index (χ0v) is 20.7. The van der Waals surface area contributed by atoms with E-state index in [0.29, 0.717) is 0 Å². The smallest absolute Gasteiger partial charge is 0.226 e. The van der Waals surface area contributed by atoms with E-state index in [9.17, 15) is 4.79 Å². The molecule has 3 aromatic rings. The summed E-state index contributed by atoms with van der Waals surface area (Å²) in [4.78, 5) is 17.5. The number of carbonyl (C=O) groups excluding carboxylic acids is 1. The van der Waals surface area contributed by atoms with Crippen LogP contribution in [0.5, 0.6) is 5.75 Å². The maximum absolute atomic E-state index is 13.2. The predicted molar refractivity (Wildman–Crippen MR) is 136 cm³/mol. The molecule has 5 rings (SSSR count).